The average Bonchev–Trinajstić information content (AvgIpc) is 3.10. The number of benzene rings is 1. The molecule has 23 heavy (non-hydrogen) atoms. The number of ether oxygens (including phenoxy) is 1. The lowest BCUT2D eigenvalue weighted by Crippen LogP contribution is -2.28. The number of aromatic nitrogens is 1. The zero-order valence-electron chi connectivity index (χ0n) is 13.2. The van der Waals surface area contributed by atoms with Gasteiger partial charge in [0.2, 0.25) is 5.91 Å². The fraction of sp³-hybridized carbons (Fsp3) is 0.263. The van der Waals surface area contributed by atoms with Crippen LogP contribution in [-0.2, 0) is 4.79 Å². The summed E-state index contributed by atoms with van der Waals surface area (Å²) in [5, 5.41) is 0. The highest BCUT2D eigenvalue weighted by atomic mass is 16.5. The molecular weight excluding hydrogens is 288 g/mol. The maximum atomic E-state index is 12.5. The van der Waals surface area contributed by atoms with Crippen LogP contribution in [0.3, 0.4) is 0 Å². The molecule has 118 valence electrons. The fourth-order valence-electron chi connectivity index (χ4n) is 2.94. The maximum absolute atomic E-state index is 12.5. The third kappa shape index (κ3) is 3.59. The second-order valence-corrected chi connectivity index (χ2v) is 5.58. The van der Waals surface area contributed by atoms with E-state index in [1.165, 1.54) is 0 Å². The number of carbonyl (C=O) groups excluding carboxylic acids is 1. The van der Waals surface area contributed by atoms with Gasteiger partial charge in [-0.15, -0.1) is 0 Å². The first kappa shape index (κ1) is 15.3. The zero-order chi connectivity index (χ0) is 16.1. The molecule has 1 fully saturated rings. The first-order chi connectivity index (χ1) is 11.3. The van der Waals surface area contributed by atoms with Crippen molar-refractivity contribution in [3.8, 4) is 5.75 Å². The van der Waals surface area contributed by atoms with E-state index in [1.807, 2.05) is 47.4 Å². The molecule has 1 amide bonds. The Labute approximate surface area is 136 Å². The number of hydrogen-bond acceptors (Lipinski definition) is 3. The summed E-state index contributed by atoms with van der Waals surface area (Å²) >= 11 is 0. The molecule has 2 heterocycles. The monoisotopic (exact) mass is 308 g/mol. The van der Waals surface area contributed by atoms with Crippen LogP contribution in [0.1, 0.15) is 30.0 Å². The Morgan fingerprint density at radius 2 is 2.13 bits per heavy atom. The Morgan fingerprint density at radius 1 is 1.30 bits per heavy atom. The van der Waals surface area contributed by atoms with Gasteiger partial charge in [-0.1, -0.05) is 18.2 Å². The van der Waals surface area contributed by atoms with Crippen LogP contribution >= 0.6 is 0 Å². The van der Waals surface area contributed by atoms with Crippen molar-refractivity contribution in [1.29, 1.82) is 0 Å². The molecule has 3 rings (SSSR count). The van der Waals surface area contributed by atoms with Crippen LogP contribution in [-0.4, -0.2) is 29.4 Å². The normalized spacial score (nSPS) is 17.6. The Bertz CT molecular complexity index is 680. The van der Waals surface area contributed by atoms with Gasteiger partial charge >= 0.3 is 0 Å². The smallest absolute Gasteiger partial charge is 0.247 e. The standard InChI is InChI=1S/C19H20N2O2/c1-23-17-9-7-16(8-10-17)18-5-3-13-21(18)19(22)11-6-15-4-2-12-20-14-15/h2,4,6-12,14,18H,3,5,13H2,1H3. The minimum atomic E-state index is 0.0483. The highest BCUT2D eigenvalue weighted by molar-refractivity contribution is 5.92. The third-order valence-corrected chi connectivity index (χ3v) is 4.14. The number of hydrogen-bond donors (Lipinski definition) is 0. The van der Waals surface area contributed by atoms with E-state index in [4.69, 9.17) is 4.74 Å². The Balaban J connectivity index is 1.72. The summed E-state index contributed by atoms with van der Waals surface area (Å²) in [4.78, 5) is 18.5. The van der Waals surface area contributed by atoms with E-state index < -0.39 is 0 Å². The van der Waals surface area contributed by atoms with Crippen LogP contribution < -0.4 is 4.74 Å². The summed E-state index contributed by atoms with van der Waals surface area (Å²) < 4.78 is 5.20. The van der Waals surface area contributed by atoms with E-state index in [-0.39, 0.29) is 11.9 Å². The lowest BCUT2D eigenvalue weighted by Gasteiger charge is -2.24. The van der Waals surface area contributed by atoms with Crippen molar-refractivity contribution in [3.63, 3.8) is 0 Å². The molecule has 0 spiro atoms. The first-order valence-corrected chi connectivity index (χ1v) is 7.80. The first-order valence-electron chi connectivity index (χ1n) is 7.80. The van der Waals surface area contributed by atoms with Gasteiger partial charge in [-0.2, -0.15) is 0 Å². The van der Waals surface area contributed by atoms with Crippen molar-refractivity contribution in [3.05, 3.63) is 66.0 Å². The largest absolute Gasteiger partial charge is 0.497 e. The minimum Gasteiger partial charge on any atom is -0.497 e. The summed E-state index contributed by atoms with van der Waals surface area (Å²) in [7, 11) is 1.66. The molecule has 2 aromatic rings. The zero-order valence-corrected chi connectivity index (χ0v) is 13.2. The SMILES string of the molecule is COc1ccc(C2CCCN2C(=O)C=Cc2cccnc2)cc1. The van der Waals surface area contributed by atoms with Crippen molar-refractivity contribution in [2.75, 3.05) is 13.7 Å². The van der Waals surface area contributed by atoms with Crippen LogP contribution in [0.25, 0.3) is 6.08 Å². The second kappa shape index (κ2) is 7.09. The molecule has 0 N–H and O–H groups in total. The molecule has 0 bridgehead atoms. The van der Waals surface area contributed by atoms with E-state index in [2.05, 4.69) is 4.98 Å². The van der Waals surface area contributed by atoms with Crippen molar-refractivity contribution < 1.29 is 9.53 Å². The molecule has 4 heteroatoms. The minimum absolute atomic E-state index is 0.0483. The van der Waals surface area contributed by atoms with E-state index in [0.717, 1.165) is 36.3 Å². The van der Waals surface area contributed by atoms with Crippen LogP contribution in [0.15, 0.2) is 54.9 Å². The van der Waals surface area contributed by atoms with E-state index in [9.17, 15) is 4.79 Å². The molecule has 0 radical (unpaired) electrons. The number of amides is 1. The van der Waals surface area contributed by atoms with Gasteiger partial charge in [0.15, 0.2) is 0 Å². The third-order valence-electron chi connectivity index (χ3n) is 4.14. The maximum Gasteiger partial charge on any atom is 0.247 e. The summed E-state index contributed by atoms with van der Waals surface area (Å²) in [6.45, 7) is 0.799. The predicted octanol–water partition coefficient (Wildman–Crippen LogP) is 3.47. The van der Waals surface area contributed by atoms with Gasteiger partial charge in [-0.3, -0.25) is 9.78 Å². The molecule has 0 saturated carbocycles. The van der Waals surface area contributed by atoms with Gasteiger partial charge in [-0.25, -0.2) is 0 Å². The van der Waals surface area contributed by atoms with Crippen LogP contribution in [0.5, 0.6) is 5.75 Å². The molecule has 1 aromatic heterocycles. The molecular formula is C19H20N2O2. The lowest BCUT2D eigenvalue weighted by molar-refractivity contribution is -0.126. The van der Waals surface area contributed by atoms with Gasteiger partial charge in [0.1, 0.15) is 5.75 Å². The molecule has 1 unspecified atom stereocenters. The highest BCUT2D eigenvalue weighted by Gasteiger charge is 2.28. The van der Waals surface area contributed by atoms with E-state index in [0.29, 0.717) is 0 Å². The molecule has 1 aliphatic heterocycles. The van der Waals surface area contributed by atoms with Crippen molar-refractivity contribution in [2.24, 2.45) is 0 Å². The average molecular weight is 308 g/mol. The van der Waals surface area contributed by atoms with E-state index >= 15 is 0 Å². The van der Waals surface area contributed by atoms with Gasteiger partial charge in [-0.05, 0) is 48.2 Å². The predicted molar refractivity (Wildman–Crippen MR) is 90.0 cm³/mol. The fourth-order valence-corrected chi connectivity index (χ4v) is 2.94. The number of carbonyl (C=O) groups is 1. The van der Waals surface area contributed by atoms with Crippen LogP contribution in [0.4, 0.5) is 0 Å². The molecule has 4 nitrogen and oxygen atoms in total. The Kier molecular flexibility index (Phi) is 4.71. The molecule has 1 aliphatic rings. The lowest BCUT2D eigenvalue weighted by atomic mass is 10.0. The Morgan fingerprint density at radius 3 is 2.83 bits per heavy atom. The number of methoxy groups -OCH3 is 1. The van der Waals surface area contributed by atoms with Gasteiger partial charge in [0, 0.05) is 25.0 Å². The number of likely N-dealkylation sites (tertiary alicyclic amines) is 1. The molecule has 1 atom stereocenters. The van der Waals surface area contributed by atoms with Crippen LogP contribution in [0, 0.1) is 0 Å². The quantitative estimate of drug-likeness (QED) is 0.812. The summed E-state index contributed by atoms with van der Waals surface area (Å²) in [6.07, 6.45) is 8.95. The number of nitrogens with zero attached hydrogens (tertiary/aromatic N) is 2. The topological polar surface area (TPSA) is 42.4 Å². The summed E-state index contributed by atoms with van der Waals surface area (Å²) in [6, 6.07) is 11.9. The van der Waals surface area contributed by atoms with Crippen molar-refractivity contribution >= 4 is 12.0 Å². The van der Waals surface area contributed by atoms with Gasteiger partial charge in [0.25, 0.3) is 0 Å². The van der Waals surface area contributed by atoms with E-state index in [1.54, 1.807) is 25.6 Å². The molecule has 0 aliphatic carbocycles. The van der Waals surface area contributed by atoms with Gasteiger partial charge in [0.05, 0.1) is 13.2 Å². The number of pyridine rings is 1. The second-order valence-electron chi connectivity index (χ2n) is 5.58. The summed E-state index contributed by atoms with van der Waals surface area (Å²) in [5.74, 6) is 0.883. The van der Waals surface area contributed by atoms with Gasteiger partial charge < -0.3 is 9.64 Å². The molecule has 1 aromatic carbocycles. The van der Waals surface area contributed by atoms with Crippen molar-refractivity contribution in [1.82, 2.24) is 9.88 Å². The van der Waals surface area contributed by atoms with Crippen molar-refractivity contribution in [2.45, 2.75) is 18.9 Å². The Hall–Kier alpha value is -2.62. The van der Waals surface area contributed by atoms with Crippen LogP contribution in [0.2, 0.25) is 0 Å². The highest BCUT2D eigenvalue weighted by Crippen LogP contribution is 2.32. The summed E-state index contributed by atoms with van der Waals surface area (Å²) in [5.41, 5.74) is 2.09. The molecule has 1 saturated heterocycles. The number of rotatable bonds is 4.